The van der Waals surface area contributed by atoms with E-state index in [4.69, 9.17) is 11.6 Å². The standard InChI is InChI=1S/C17H17ClFNO/c1-20-10-9-12-5-2-3-7-14(12)16(21)11-13-6-4-8-15(18)17(13)19/h2-8,20H,9-11H2,1H3. The van der Waals surface area contributed by atoms with Gasteiger partial charge in [0, 0.05) is 12.0 Å². The van der Waals surface area contributed by atoms with Gasteiger partial charge in [-0.1, -0.05) is 48.0 Å². The largest absolute Gasteiger partial charge is 0.319 e. The number of carbonyl (C=O) groups excluding carboxylic acids is 1. The molecular formula is C17H17ClFNO. The van der Waals surface area contributed by atoms with Crippen LogP contribution in [0.2, 0.25) is 5.02 Å². The number of Topliss-reactive ketones (excluding diaryl/α,β-unsaturated/α-hetero) is 1. The zero-order valence-electron chi connectivity index (χ0n) is 11.8. The second-order valence-corrected chi connectivity index (χ2v) is 5.23. The third-order valence-electron chi connectivity index (χ3n) is 3.34. The first-order chi connectivity index (χ1) is 10.1. The van der Waals surface area contributed by atoms with Crippen LogP contribution in [0.25, 0.3) is 0 Å². The predicted molar refractivity (Wildman–Crippen MR) is 83.5 cm³/mol. The van der Waals surface area contributed by atoms with Gasteiger partial charge in [-0.2, -0.15) is 0 Å². The summed E-state index contributed by atoms with van der Waals surface area (Å²) in [5, 5.41) is 3.11. The minimum atomic E-state index is -0.514. The van der Waals surface area contributed by atoms with Crippen LogP contribution in [0.4, 0.5) is 4.39 Å². The van der Waals surface area contributed by atoms with Crippen molar-refractivity contribution in [2.24, 2.45) is 0 Å². The van der Waals surface area contributed by atoms with Crippen molar-refractivity contribution in [3.63, 3.8) is 0 Å². The average molecular weight is 306 g/mol. The number of halogens is 2. The molecule has 0 bridgehead atoms. The molecule has 110 valence electrons. The highest BCUT2D eigenvalue weighted by Gasteiger charge is 2.14. The first kappa shape index (κ1) is 15.7. The van der Waals surface area contributed by atoms with Gasteiger partial charge in [0.05, 0.1) is 5.02 Å². The van der Waals surface area contributed by atoms with Crippen molar-refractivity contribution in [1.29, 1.82) is 0 Å². The van der Waals surface area contributed by atoms with E-state index in [9.17, 15) is 9.18 Å². The minimum Gasteiger partial charge on any atom is -0.319 e. The molecule has 2 aromatic carbocycles. The molecule has 0 saturated heterocycles. The number of benzene rings is 2. The first-order valence-electron chi connectivity index (χ1n) is 6.82. The van der Waals surface area contributed by atoms with Crippen LogP contribution >= 0.6 is 11.6 Å². The lowest BCUT2D eigenvalue weighted by molar-refractivity contribution is 0.0991. The predicted octanol–water partition coefficient (Wildman–Crippen LogP) is 3.67. The molecule has 0 spiro atoms. The molecule has 0 atom stereocenters. The Hall–Kier alpha value is -1.71. The molecule has 21 heavy (non-hydrogen) atoms. The molecule has 0 aliphatic rings. The van der Waals surface area contributed by atoms with Crippen molar-refractivity contribution >= 4 is 17.4 Å². The van der Waals surface area contributed by atoms with Gasteiger partial charge in [-0.15, -0.1) is 0 Å². The zero-order chi connectivity index (χ0) is 15.2. The molecule has 0 fully saturated rings. The van der Waals surface area contributed by atoms with Crippen LogP contribution in [0.1, 0.15) is 21.5 Å². The van der Waals surface area contributed by atoms with E-state index in [1.165, 1.54) is 6.07 Å². The summed E-state index contributed by atoms with van der Waals surface area (Å²) in [6.07, 6.45) is 0.777. The Morgan fingerprint density at radius 1 is 1.14 bits per heavy atom. The van der Waals surface area contributed by atoms with Gasteiger partial charge < -0.3 is 5.32 Å². The molecular weight excluding hydrogens is 289 g/mol. The lowest BCUT2D eigenvalue weighted by Gasteiger charge is -2.09. The Labute approximate surface area is 128 Å². The second kappa shape index (κ2) is 7.34. The van der Waals surface area contributed by atoms with Crippen LogP contribution in [0.5, 0.6) is 0 Å². The van der Waals surface area contributed by atoms with Crippen LogP contribution in [0, 0.1) is 5.82 Å². The van der Waals surface area contributed by atoms with Crippen LogP contribution in [0.15, 0.2) is 42.5 Å². The number of hydrogen-bond acceptors (Lipinski definition) is 2. The third kappa shape index (κ3) is 3.90. The van der Waals surface area contributed by atoms with Gasteiger partial charge in [0.1, 0.15) is 5.82 Å². The maximum Gasteiger partial charge on any atom is 0.167 e. The quantitative estimate of drug-likeness (QED) is 0.825. The number of rotatable bonds is 6. The molecule has 0 aliphatic heterocycles. The highest BCUT2D eigenvalue weighted by molar-refractivity contribution is 6.30. The highest BCUT2D eigenvalue weighted by Crippen LogP contribution is 2.20. The van der Waals surface area contributed by atoms with Crippen LogP contribution in [-0.2, 0) is 12.8 Å². The fourth-order valence-corrected chi connectivity index (χ4v) is 2.42. The Balaban J connectivity index is 2.22. The summed E-state index contributed by atoms with van der Waals surface area (Å²) < 4.78 is 13.9. The van der Waals surface area contributed by atoms with Gasteiger partial charge in [0.2, 0.25) is 0 Å². The topological polar surface area (TPSA) is 29.1 Å². The molecule has 0 saturated carbocycles. The van der Waals surface area contributed by atoms with Crippen molar-refractivity contribution in [3.8, 4) is 0 Å². The Kier molecular flexibility index (Phi) is 5.48. The molecule has 2 rings (SSSR count). The summed E-state index contributed by atoms with van der Waals surface area (Å²) >= 11 is 5.75. The van der Waals surface area contributed by atoms with E-state index in [0.717, 1.165) is 18.5 Å². The average Bonchev–Trinajstić information content (AvgIpc) is 2.50. The van der Waals surface area contributed by atoms with Crippen molar-refractivity contribution < 1.29 is 9.18 Å². The highest BCUT2D eigenvalue weighted by atomic mass is 35.5. The number of carbonyl (C=O) groups is 1. The lowest BCUT2D eigenvalue weighted by Crippen LogP contribution is -2.14. The molecule has 2 aromatic rings. The van der Waals surface area contributed by atoms with E-state index in [1.54, 1.807) is 18.2 Å². The molecule has 1 N–H and O–H groups in total. The van der Waals surface area contributed by atoms with E-state index in [-0.39, 0.29) is 17.2 Å². The Morgan fingerprint density at radius 2 is 1.86 bits per heavy atom. The monoisotopic (exact) mass is 305 g/mol. The Bertz CT molecular complexity index is 642. The molecule has 2 nitrogen and oxygen atoms in total. The summed E-state index contributed by atoms with van der Waals surface area (Å²) in [6, 6.07) is 12.2. The fraction of sp³-hybridized carbons (Fsp3) is 0.235. The van der Waals surface area contributed by atoms with E-state index in [2.05, 4.69) is 5.32 Å². The van der Waals surface area contributed by atoms with Crippen molar-refractivity contribution in [2.75, 3.05) is 13.6 Å². The Morgan fingerprint density at radius 3 is 2.62 bits per heavy atom. The van der Waals surface area contributed by atoms with E-state index in [1.807, 2.05) is 25.2 Å². The van der Waals surface area contributed by atoms with Crippen LogP contribution in [0.3, 0.4) is 0 Å². The van der Waals surface area contributed by atoms with Gasteiger partial charge in [-0.3, -0.25) is 4.79 Å². The van der Waals surface area contributed by atoms with Gasteiger partial charge in [0.25, 0.3) is 0 Å². The van der Waals surface area contributed by atoms with E-state index >= 15 is 0 Å². The number of hydrogen-bond donors (Lipinski definition) is 1. The number of likely N-dealkylation sites (N-methyl/N-ethyl adjacent to an activating group) is 1. The molecule has 0 radical (unpaired) electrons. The van der Waals surface area contributed by atoms with Crippen LogP contribution in [-0.4, -0.2) is 19.4 Å². The maximum atomic E-state index is 13.9. The van der Waals surface area contributed by atoms with Gasteiger partial charge >= 0.3 is 0 Å². The summed E-state index contributed by atoms with van der Waals surface area (Å²) in [5.74, 6) is -0.608. The van der Waals surface area contributed by atoms with Crippen molar-refractivity contribution in [1.82, 2.24) is 5.32 Å². The molecule has 0 aromatic heterocycles. The summed E-state index contributed by atoms with van der Waals surface area (Å²) in [7, 11) is 1.87. The first-order valence-corrected chi connectivity index (χ1v) is 7.20. The molecule has 0 aliphatic carbocycles. The lowest BCUT2D eigenvalue weighted by atomic mass is 9.96. The SMILES string of the molecule is CNCCc1ccccc1C(=O)Cc1cccc(Cl)c1F. The number of nitrogens with one attached hydrogen (secondary N) is 1. The maximum absolute atomic E-state index is 13.9. The molecule has 0 unspecified atom stereocenters. The van der Waals surface area contributed by atoms with E-state index < -0.39 is 5.82 Å². The number of ketones is 1. The third-order valence-corrected chi connectivity index (χ3v) is 3.64. The molecule has 4 heteroatoms. The smallest absolute Gasteiger partial charge is 0.167 e. The van der Waals surface area contributed by atoms with Crippen LogP contribution < -0.4 is 5.32 Å². The van der Waals surface area contributed by atoms with Crippen molar-refractivity contribution in [2.45, 2.75) is 12.8 Å². The summed E-state index contributed by atoms with van der Waals surface area (Å²) in [5.41, 5.74) is 1.95. The molecule has 0 amide bonds. The second-order valence-electron chi connectivity index (χ2n) is 4.82. The van der Waals surface area contributed by atoms with Crippen molar-refractivity contribution in [3.05, 3.63) is 70.0 Å². The van der Waals surface area contributed by atoms with Gasteiger partial charge in [-0.05, 0) is 37.2 Å². The fourth-order valence-electron chi connectivity index (χ4n) is 2.22. The minimum absolute atomic E-state index is 0.0168. The molecule has 0 heterocycles. The van der Waals surface area contributed by atoms with Gasteiger partial charge in [-0.25, -0.2) is 4.39 Å². The summed E-state index contributed by atoms with van der Waals surface area (Å²) in [6.45, 7) is 0.788. The summed E-state index contributed by atoms with van der Waals surface area (Å²) in [4.78, 5) is 12.4. The zero-order valence-corrected chi connectivity index (χ0v) is 12.6. The normalized spacial score (nSPS) is 10.6. The van der Waals surface area contributed by atoms with E-state index in [0.29, 0.717) is 11.1 Å². The van der Waals surface area contributed by atoms with Gasteiger partial charge in [0.15, 0.2) is 5.78 Å².